The van der Waals surface area contributed by atoms with E-state index in [1.807, 2.05) is 76.2 Å². The number of nitrogens with one attached hydrogen (secondary N) is 1. The van der Waals surface area contributed by atoms with Gasteiger partial charge >= 0.3 is 6.03 Å². The lowest BCUT2D eigenvalue weighted by Gasteiger charge is -2.47. The van der Waals surface area contributed by atoms with Gasteiger partial charge in [-0.25, -0.2) is 4.79 Å². The molecule has 220 valence electrons. The van der Waals surface area contributed by atoms with Gasteiger partial charge in [-0.15, -0.1) is 0 Å². The fourth-order valence-electron chi connectivity index (χ4n) is 5.68. The van der Waals surface area contributed by atoms with E-state index in [0.29, 0.717) is 46.0 Å². The number of halogens is 2. The Kier molecular flexibility index (Phi) is 8.14. The molecule has 3 aromatic rings. The standard InChI is InChI=1S/C32H34Cl2N4O4/c1-20(2)42-27-18-25(41-5)14-15-26(27)29-36-31(3,21-6-10-23(33)11-7-21)32(4,22-8-12-24(34)13-9-22)38(29)30(40)37-17-16-35-28(39)19-37/h6-15,18,20H,16-17,19H2,1-5H3,(H,35,39)/t31-,32+/m1/s1. The first-order chi connectivity index (χ1) is 20.0. The monoisotopic (exact) mass is 608 g/mol. The Hall–Kier alpha value is -3.75. The summed E-state index contributed by atoms with van der Waals surface area (Å²) in [7, 11) is 1.59. The Bertz CT molecular complexity index is 1530. The summed E-state index contributed by atoms with van der Waals surface area (Å²) in [5.41, 5.74) is 0.230. The van der Waals surface area contributed by atoms with E-state index in [1.165, 1.54) is 0 Å². The molecule has 2 aliphatic rings. The zero-order chi connectivity index (χ0) is 30.2. The molecule has 42 heavy (non-hydrogen) atoms. The fourth-order valence-corrected chi connectivity index (χ4v) is 5.93. The van der Waals surface area contributed by atoms with E-state index in [0.717, 1.165) is 11.1 Å². The van der Waals surface area contributed by atoms with Crippen molar-refractivity contribution in [2.45, 2.75) is 44.9 Å². The van der Waals surface area contributed by atoms with Crippen LogP contribution < -0.4 is 14.8 Å². The van der Waals surface area contributed by atoms with Crippen LogP contribution in [0.1, 0.15) is 44.4 Å². The van der Waals surface area contributed by atoms with Crippen molar-refractivity contribution >= 4 is 41.0 Å². The minimum Gasteiger partial charge on any atom is -0.497 e. The summed E-state index contributed by atoms with van der Waals surface area (Å²) in [6, 6.07) is 20.1. The van der Waals surface area contributed by atoms with Crippen LogP contribution in [-0.2, 0) is 15.9 Å². The van der Waals surface area contributed by atoms with E-state index in [9.17, 15) is 9.59 Å². The molecule has 10 heteroatoms. The van der Waals surface area contributed by atoms with Crippen LogP contribution in [0.15, 0.2) is 71.7 Å². The van der Waals surface area contributed by atoms with Crippen molar-refractivity contribution in [2.24, 2.45) is 4.99 Å². The summed E-state index contributed by atoms with van der Waals surface area (Å²) < 4.78 is 11.8. The SMILES string of the molecule is COc1ccc(C2=N[C@](C)(c3ccc(Cl)cc3)[C@](C)(c3ccc(Cl)cc3)N2C(=O)N2CCNC(=O)C2)c(OC(C)C)c1. The number of benzene rings is 3. The third-order valence-corrected chi connectivity index (χ3v) is 8.55. The van der Waals surface area contributed by atoms with Crippen LogP contribution in [0.2, 0.25) is 10.0 Å². The van der Waals surface area contributed by atoms with Gasteiger partial charge < -0.3 is 19.7 Å². The summed E-state index contributed by atoms with van der Waals surface area (Å²) in [5, 5.41) is 3.97. The Labute approximate surface area is 256 Å². The predicted octanol–water partition coefficient (Wildman–Crippen LogP) is 6.23. The maximum absolute atomic E-state index is 14.7. The fraction of sp³-hybridized carbons (Fsp3) is 0.344. The second-order valence-corrected chi connectivity index (χ2v) is 11.9. The van der Waals surface area contributed by atoms with Crippen LogP contribution in [0.5, 0.6) is 11.5 Å². The third-order valence-electron chi connectivity index (χ3n) is 8.04. The Morgan fingerprint density at radius 3 is 2.17 bits per heavy atom. The van der Waals surface area contributed by atoms with Gasteiger partial charge in [0.2, 0.25) is 5.91 Å². The number of rotatable bonds is 6. The normalized spacial score (nSPS) is 22.2. The van der Waals surface area contributed by atoms with Crippen LogP contribution >= 0.6 is 23.2 Å². The van der Waals surface area contributed by atoms with E-state index < -0.39 is 11.1 Å². The average molecular weight is 610 g/mol. The number of carbonyl (C=O) groups excluding carboxylic acids is 2. The summed E-state index contributed by atoms with van der Waals surface area (Å²) in [6.07, 6.45) is -0.155. The molecule has 0 radical (unpaired) electrons. The van der Waals surface area contributed by atoms with E-state index >= 15 is 0 Å². The molecule has 5 rings (SSSR count). The second-order valence-electron chi connectivity index (χ2n) is 11.0. The topological polar surface area (TPSA) is 83.5 Å². The van der Waals surface area contributed by atoms with Gasteiger partial charge in [0.15, 0.2) is 0 Å². The first kappa shape index (κ1) is 29.7. The summed E-state index contributed by atoms with van der Waals surface area (Å²) in [4.78, 5) is 35.8. The lowest BCUT2D eigenvalue weighted by atomic mass is 9.71. The van der Waals surface area contributed by atoms with Gasteiger partial charge in [-0.05, 0) is 75.2 Å². The molecule has 0 aliphatic carbocycles. The first-order valence-corrected chi connectivity index (χ1v) is 14.6. The van der Waals surface area contributed by atoms with Gasteiger partial charge in [0.1, 0.15) is 35.0 Å². The van der Waals surface area contributed by atoms with Gasteiger partial charge in [-0.2, -0.15) is 0 Å². The number of amides is 3. The average Bonchev–Trinajstić information content (AvgIpc) is 3.21. The minimum absolute atomic E-state index is 0.0606. The van der Waals surface area contributed by atoms with Gasteiger partial charge in [0.25, 0.3) is 0 Å². The molecule has 2 aliphatic heterocycles. The minimum atomic E-state index is -1.07. The van der Waals surface area contributed by atoms with Crippen LogP contribution in [0, 0.1) is 0 Å². The van der Waals surface area contributed by atoms with Gasteiger partial charge in [0.05, 0.1) is 18.8 Å². The summed E-state index contributed by atoms with van der Waals surface area (Å²) in [5.74, 6) is 1.34. The number of amidine groups is 1. The van der Waals surface area contributed by atoms with Gasteiger partial charge in [-0.3, -0.25) is 14.7 Å². The Morgan fingerprint density at radius 2 is 1.60 bits per heavy atom. The lowest BCUT2D eigenvalue weighted by molar-refractivity contribution is -0.123. The predicted molar refractivity (Wildman–Crippen MR) is 165 cm³/mol. The third kappa shape index (κ3) is 5.18. The quantitative estimate of drug-likeness (QED) is 0.359. The molecule has 2 heterocycles. The number of carbonyl (C=O) groups is 2. The number of hydrogen-bond donors (Lipinski definition) is 1. The van der Waals surface area contributed by atoms with Crippen molar-refractivity contribution in [1.29, 1.82) is 0 Å². The molecule has 0 bridgehead atoms. The maximum atomic E-state index is 14.7. The van der Waals surface area contributed by atoms with Crippen molar-refractivity contribution in [2.75, 3.05) is 26.7 Å². The van der Waals surface area contributed by atoms with Crippen LogP contribution in [0.3, 0.4) is 0 Å². The number of methoxy groups -OCH3 is 1. The van der Waals surface area contributed by atoms with Crippen molar-refractivity contribution in [3.63, 3.8) is 0 Å². The number of urea groups is 1. The number of nitrogens with zero attached hydrogens (tertiary/aromatic N) is 3. The number of piperazine rings is 1. The largest absolute Gasteiger partial charge is 0.497 e. The van der Waals surface area contributed by atoms with Crippen molar-refractivity contribution in [1.82, 2.24) is 15.1 Å². The van der Waals surface area contributed by atoms with E-state index in [4.69, 9.17) is 37.7 Å². The molecule has 1 N–H and O–H groups in total. The Balaban J connectivity index is 1.81. The zero-order valence-electron chi connectivity index (χ0n) is 24.3. The van der Waals surface area contributed by atoms with Crippen molar-refractivity contribution in [3.05, 3.63) is 93.5 Å². The van der Waals surface area contributed by atoms with Crippen LogP contribution in [-0.4, -0.2) is 60.4 Å². The summed E-state index contributed by atoms with van der Waals surface area (Å²) in [6.45, 7) is 8.54. The number of hydrogen-bond acceptors (Lipinski definition) is 5. The van der Waals surface area contributed by atoms with Gasteiger partial charge in [-0.1, -0.05) is 47.5 Å². The van der Waals surface area contributed by atoms with Crippen LogP contribution in [0.4, 0.5) is 4.79 Å². The zero-order valence-corrected chi connectivity index (χ0v) is 25.8. The highest BCUT2D eigenvalue weighted by Gasteiger charge is 2.60. The molecule has 3 aromatic carbocycles. The Morgan fingerprint density at radius 1 is 0.976 bits per heavy atom. The van der Waals surface area contributed by atoms with E-state index in [2.05, 4.69) is 5.32 Å². The highest BCUT2D eigenvalue weighted by Crippen LogP contribution is 2.54. The molecule has 0 aromatic heterocycles. The van der Waals surface area contributed by atoms with Gasteiger partial charge in [0, 0.05) is 29.2 Å². The molecule has 2 atom stereocenters. The maximum Gasteiger partial charge on any atom is 0.327 e. The summed E-state index contributed by atoms with van der Waals surface area (Å²) >= 11 is 12.6. The van der Waals surface area contributed by atoms with E-state index in [-0.39, 0.29) is 24.6 Å². The van der Waals surface area contributed by atoms with Crippen molar-refractivity contribution in [3.8, 4) is 11.5 Å². The molecule has 0 saturated carbocycles. The van der Waals surface area contributed by atoms with Crippen molar-refractivity contribution < 1.29 is 19.1 Å². The highest BCUT2D eigenvalue weighted by molar-refractivity contribution is 6.30. The molecule has 3 amide bonds. The molecule has 0 unspecified atom stereocenters. The molecule has 1 saturated heterocycles. The van der Waals surface area contributed by atoms with Crippen LogP contribution in [0.25, 0.3) is 0 Å². The second kappa shape index (κ2) is 11.5. The molecule has 1 fully saturated rings. The smallest absolute Gasteiger partial charge is 0.327 e. The molecule has 0 spiro atoms. The molecule has 8 nitrogen and oxygen atoms in total. The molecular formula is C32H34Cl2N4O4. The van der Waals surface area contributed by atoms with E-state index in [1.54, 1.807) is 35.1 Å². The highest BCUT2D eigenvalue weighted by atomic mass is 35.5. The first-order valence-electron chi connectivity index (χ1n) is 13.8. The number of aliphatic imine (C=N–C) groups is 1. The number of ether oxygens (including phenoxy) is 2. The lowest BCUT2D eigenvalue weighted by Crippen LogP contribution is -2.61. The molecular weight excluding hydrogens is 575 g/mol.